The van der Waals surface area contributed by atoms with Gasteiger partial charge in [0.05, 0.1) is 18.5 Å². The molecule has 1 fully saturated rings. The van der Waals surface area contributed by atoms with Gasteiger partial charge in [-0.1, -0.05) is 91.9 Å². The van der Waals surface area contributed by atoms with Crippen LogP contribution in [0.5, 0.6) is 0 Å². The first-order valence-corrected chi connectivity index (χ1v) is 15.5. The maximum atomic E-state index is 14.4. The first kappa shape index (κ1) is 31.5. The summed E-state index contributed by atoms with van der Waals surface area (Å²) in [6, 6.07) is 26.3. The van der Waals surface area contributed by atoms with E-state index in [9.17, 15) is 14.4 Å². The fourth-order valence-electron chi connectivity index (χ4n) is 6.44. The highest BCUT2D eigenvalue weighted by Crippen LogP contribution is 2.25. The Labute approximate surface area is 264 Å². The molecule has 0 spiro atoms. The molecule has 0 aliphatic carbocycles. The van der Waals surface area contributed by atoms with Crippen molar-refractivity contribution < 1.29 is 14.4 Å². The Morgan fingerprint density at radius 1 is 0.844 bits per heavy atom. The summed E-state index contributed by atoms with van der Waals surface area (Å²) < 4.78 is 0. The molecule has 5 rings (SSSR count). The number of nitrogens with zero attached hydrogens (tertiary/aromatic N) is 3. The molecule has 9 heteroatoms. The number of amides is 3. The third-order valence-corrected chi connectivity index (χ3v) is 8.66. The van der Waals surface area contributed by atoms with E-state index in [0.717, 1.165) is 32.7 Å². The zero-order valence-electron chi connectivity index (χ0n) is 26.1. The molecule has 0 saturated carbocycles. The van der Waals surface area contributed by atoms with Crippen molar-refractivity contribution >= 4 is 45.2 Å². The monoisotopic (exact) mass is 606 g/mol. The molecule has 4 aromatic rings. The molecule has 1 heterocycles. The lowest BCUT2D eigenvalue weighted by atomic mass is 9.95. The van der Waals surface area contributed by atoms with E-state index in [2.05, 4.69) is 16.4 Å². The molecule has 1 aliphatic rings. The van der Waals surface area contributed by atoms with Crippen molar-refractivity contribution in [3.63, 3.8) is 0 Å². The van der Waals surface area contributed by atoms with Crippen molar-refractivity contribution in [3.8, 4) is 0 Å². The number of piperazine rings is 1. The number of carbonyl (C=O) groups is 3. The number of benzene rings is 4. The number of hydrogen-bond acceptors (Lipinski definition) is 4. The Morgan fingerprint density at radius 2 is 1.42 bits per heavy atom. The van der Waals surface area contributed by atoms with Crippen molar-refractivity contribution in [3.05, 3.63) is 96.1 Å². The SMILES string of the molecule is CCC(N=C(N)N)[C@@H]1CN(C(=O)Cc2ccc3ccccc3c2)[C@H](C)CN1C(=O)[C@@H](Cc1ccc2ccccc2c1)NC(C)=O. The fraction of sp³-hybridized carbons (Fsp3) is 0.333. The molecule has 4 aromatic carbocycles. The van der Waals surface area contributed by atoms with Gasteiger partial charge in [0, 0.05) is 32.5 Å². The molecule has 0 aromatic heterocycles. The van der Waals surface area contributed by atoms with Crippen LogP contribution in [0.3, 0.4) is 0 Å². The maximum Gasteiger partial charge on any atom is 0.245 e. The smallest absolute Gasteiger partial charge is 0.245 e. The maximum absolute atomic E-state index is 14.4. The van der Waals surface area contributed by atoms with Crippen LogP contribution in [0.4, 0.5) is 0 Å². The van der Waals surface area contributed by atoms with Gasteiger partial charge < -0.3 is 26.6 Å². The van der Waals surface area contributed by atoms with Gasteiger partial charge in [-0.2, -0.15) is 0 Å². The Bertz CT molecular complexity index is 1730. The lowest BCUT2D eigenvalue weighted by Crippen LogP contribution is -2.66. The van der Waals surface area contributed by atoms with Crippen molar-refractivity contribution in [1.29, 1.82) is 0 Å². The number of guanidine groups is 1. The number of rotatable bonds is 9. The second kappa shape index (κ2) is 13.8. The van der Waals surface area contributed by atoms with E-state index < -0.39 is 18.1 Å². The summed E-state index contributed by atoms with van der Waals surface area (Å²) >= 11 is 0. The van der Waals surface area contributed by atoms with E-state index in [0.29, 0.717) is 12.8 Å². The second-order valence-electron chi connectivity index (χ2n) is 12.0. The number of hydrogen-bond donors (Lipinski definition) is 3. The minimum absolute atomic E-state index is 0.0241. The molecule has 3 amide bonds. The summed E-state index contributed by atoms with van der Waals surface area (Å²) in [7, 11) is 0. The van der Waals surface area contributed by atoms with E-state index in [4.69, 9.17) is 11.5 Å². The Balaban J connectivity index is 1.41. The van der Waals surface area contributed by atoms with Gasteiger partial charge in [0.25, 0.3) is 0 Å². The molecular formula is C36H42N6O3. The average molecular weight is 607 g/mol. The van der Waals surface area contributed by atoms with Crippen molar-refractivity contribution in [1.82, 2.24) is 15.1 Å². The average Bonchev–Trinajstić information content (AvgIpc) is 3.02. The fourth-order valence-corrected chi connectivity index (χ4v) is 6.44. The van der Waals surface area contributed by atoms with E-state index in [1.165, 1.54) is 6.92 Å². The molecule has 1 unspecified atom stereocenters. The van der Waals surface area contributed by atoms with Crippen molar-refractivity contribution in [2.45, 2.75) is 64.2 Å². The highest BCUT2D eigenvalue weighted by atomic mass is 16.2. The zero-order valence-corrected chi connectivity index (χ0v) is 26.1. The van der Waals surface area contributed by atoms with Crippen molar-refractivity contribution in [2.24, 2.45) is 16.5 Å². The summed E-state index contributed by atoms with van der Waals surface area (Å²) in [6.07, 6.45) is 1.12. The lowest BCUT2D eigenvalue weighted by molar-refractivity contribution is -0.148. The highest BCUT2D eigenvalue weighted by molar-refractivity contribution is 5.89. The van der Waals surface area contributed by atoms with Gasteiger partial charge in [-0.3, -0.25) is 14.4 Å². The van der Waals surface area contributed by atoms with Crippen LogP contribution in [-0.4, -0.2) is 70.7 Å². The highest BCUT2D eigenvalue weighted by Gasteiger charge is 2.42. The Kier molecular flexibility index (Phi) is 9.66. The van der Waals surface area contributed by atoms with Crippen LogP contribution in [0.15, 0.2) is 89.9 Å². The van der Waals surface area contributed by atoms with Crippen LogP contribution >= 0.6 is 0 Å². The molecule has 45 heavy (non-hydrogen) atoms. The summed E-state index contributed by atoms with van der Waals surface area (Å²) in [5, 5.41) is 7.26. The largest absolute Gasteiger partial charge is 0.370 e. The van der Waals surface area contributed by atoms with E-state index in [-0.39, 0.29) is 49.2 Å². The number of carbonyl (C=O) groups excluding carboxylic acids is 3. The van der Waals surface area contributed by atoms with Gasteiger partial charge in [0.15, 0.2) is 5.96 Å². The second-order valence-corrected chi connectivity index (χ2v) is 12.0. The summed E-state index contributed by atoms with van der Waals surface area (Å²) in [5.74, 6) is -0.610. The molecule has 1 saturated heterocycles. The first-order chi connectivity index (χ1) is 21.6. The minimum atomic E-state index is -0.796. The quantitative estimate of drug-likeness (QED) is 0.197. The predicted molar refractivity (Wildman–Crippen MR) is 179 cm³/mol. The minimum Gasteiger partial charge on any atom is -0.370 e. The molecule has 0 radical (unpaired) electrons. The molecule has 5 N–H and O–H groups in total. The first-order valence-electron chi connectivity index (χ1n) is 15.5. The molecule has 9 nitrogen and oxygen atoms in total. The number of aliphatic imine (C=N–C) groups is 1. The van der Waals surface area contributed by atoms with E-state index >= 15 is 0 Å². The van der Waals surface area contributed by atoms with Gasteiger partial charge in [0.1, 0.15) is 6.04 Å². The third-order valence-electron chi connectivity index (χ3n) is 8.66. The van der Waals surface area contributed by atoms with E-state index in [1.54, 1.807) is 4.90 Å². The van der Waals surface area contributed by atoms with Crippen LogP contribution in [-0.2, 0) is 27.2 Å². The lowest BCUT2D eigenvalue weighted by Gasteiger charge is -2.48. The topological polar surface area (TPSA) is 134 Å². The number of nitrogens with one attached hydrogen (secondary N) is 1. The zero-order chi connectivity index (χ0) is 32.1. The number of nitrogens with two attached hydrogens (primary N) is 2. The van der Waals surface area contributed by atoms with E-state index in [1.807, 2.05) is 97.6 Å². The van der Waals surface area contributed by atoms with Gasteiger partial charge in [-0.05, 0) is 46.0 Å². The van der Waals surface area contributed by atoms with Crippen LogP contribution in [0.2, 0.25) is 0 Å². The van der Waals surface area contributed by atoms with Gasteiger partial charge in [0.2, 0.25) is 17.7 Å². The normalized spacial score (nSPS) is 17.9. The number of fused-ring (bicyclic) bond motifs is 2. The molecule has 1 aliphatic heterocycles. The molecule has 234 valence electrons. The van der Waals surface area contributed by atoms with Crippen LogP contribution in [0.25, 0.3) is 21.5 Å². The third kappa shape index (κ3) is 7.42. The van der Waals surface area contributed by atoms with Crippen LogP contribution in [0, 0.1) is 0 Å². The Hall–Kier alpha value is -4.92. The van der Waals surface area contributed by atoms with Crippen LogP contribution < -0.4 is 16.8 Å². The van der Waals surface area contributed by atoms with Gasteiger partial charge in [-0.25, -0.2) is 4.99 Å². The van der Waals surface area contributed by atoms with Gasteiger partial charge >= 0.3 is 0 Å². The standard InChI is InChI=1S/C36H42N6O3/c1-4-31(40-36(37)38)33-22-41(34(44)20-26-14-16-28-10-6-8-12-30(28)18-26)23(2)21-42(33)35(45)32(39-24(3)43)19-25-13-15-27-9-5-7-11-29(27)17-25/h5-18,23,31-33H,4,19-22H2,1-3H3,(H,39,43)(H4,37,38,40)/t23-,31?,32-,33+/m1/s1. The summed E-state index contributed by atoms with van der Waals surface area (Å²) in [6.45, 7) is 5.89. The predicted octanol–water partition coefficient (Wildman–Crippen LogP) is 3.76. The summed E-state index contributed by atoms with van der Waals surface area (Å²) in [5.41, 5.74) is 13.5. The molecular weight excluding hydrogens is 564 g/mol. The molecule has 4 atom stereocenters. The van der Waals surface area contributed by atoms with Crippen molar-refractivity contribution in [2.75, 3.05) is 13.1 Å². The Morgan fingerprint density at radius 3 is 2.00 bits per heavy atom. The van der Waals surface area contributed by atoms with Gasteiger partial charge in [-0.15, -0.1) is 0 Å². The van der Waals surface area contributed by atoms with Crippen LogP contribution in [0.1, 0.15) is 38.3 Å². The summed E-state index contributed by atoms with van der Waals surface area (Å²) in [4.78, 5) is 48.6. The molecule has 0 bridgehead atoms.